The lowest BCUT2D eigenvalue weighted by atomic mass is 9.85. The van der Waals surface area contributed by atoms with E-state index in [2.05, 4.69) is 32.8 Å². The van der Waals surface area contributed by atoms with E-state index < -0.39 is 0 Å². The molecule has 0 spiro atoms. The Kier molecular flexibility index (Phi) is 5.20. The number of ketones is 1. The summed E-state index contributed by atoms with van der Waals surface area (Å²) < 4.78 is 20.4. The summed E-state index contributed by atoms with van der Waals surface area (Å²) in [5.41, 5.74) is 5.55. The lowest BCUT2D eigenvalue weighted by Gasteiger charge is -2.39. The van der Waals surface area contributed by atoms with Gasteiger partial charge < -0.3 is 19.2 Å². The van der Waals surface area contributed by atoms with Gasteiger partial charge in [0.15, 0.2) is 11.5 Å². The second kappa shape index (κ2) is 8.61. The first-order valence-corrected chi connectivity index (χ1v) is 13.2. The Morgan fingerprint density at radius 3 is 2.16 bits per heavy atom. The highest BCUT2D eigenvalue weighted by Gasteiger charge is 2.36. The van der Waals surface area contributed by atoms with Gasteiger partial charge in [0.2, 0.25) is 0 Å². The predicted octanol–water partition coefficient (Wildman–Crippen LogP) is 5.74. The minimum Gasteiger partial charge on any atom is -0.371 e. The van der Waals surface area contributed by atoms with Gasteiger partial charge in [-0.25, -0.2) is 4.39 Å². The summed E-state index contributed by atoms with van der Waals surface area (Å²) in [6.45, 7) is 7.01. The van der Waals surface area contributed by atoms with Gasteiger partial charge in [0.25, 0.3) is 0 Å². The van der Waals surface area contributed by atoms with Crippen LogP contribution in [0.5, 0.6) is 0 Å². The minimum absolute atomic E-state index is 0.0424. The van der Waals surface area contributed by atoms with E-state index in [4.69, 9.17) is 4.52 Å². The van der Waals surface area contributed by atoms with Crippen LogP contribution < -0.4 is 14.7 Å². The number of aromatic nitrogens is 1. The maximum absolute atomic E-state index is 14.4. The van der Waals surface area contributed by atoms with Gasteiger partial charge in [0, 0.05) is 50.4 Å². The first kappa shape index (κ1) is 22.3. The number of piperidine rings is 1. The molecule has 3 aliphatic rings. The van der Waals surface area contributed by atoms with Crippen LogP contribution >= 0.6 is 0 Å². The number of carbonyl (C=O) groups is 1. The third kappa shape index (κ3) is 3.51. The molecule has 2 aliphatic heterocycles. The second-order valence-electron chi connectivity index (χ2n) is 10.5. The Balaban J connectivity index is 1.33. The maximum Gasteiger partial charge on any atom is 0.196 e. The van der Waals surface area contributed by atoms with Crippen LogP contribution in [0.15, 0.2) is 59.1 Å². The Morgan fingerprint density at radius 1 is 0.811 bits per heavy atom. The number of nitrogens with zero attached hydrogens (tertiary/aromatic N) is 4. The molecule has 1 aromatic heterocycles. The zero-order valence-electron chi connectivity index (χ0n) is 20.9. The molecule has 2 fully saturated rings. The third-order valence-electron chi connectivity index (χ3n) is 8.30. The minimum atomic E-state index is -0.190. The molecule has 0 unspecified atom stereocenters. The van der Waals surface area contributed by atoms with Crippen molar-refractivity contribution in [3.63, 3.8) is 0 Å². The summed E-state index contributed by atoms with van der Waals surface area (Å²) in [5, 5.41) is 5.35. The molecule has 0 atom stereocenters. The summed E-state index contributed by atoms with van der Waals surface area (Å²) >= 11 is 0. The molecule has 0 bridgehead atoms. The smallest absolute Gasteiger partial charge is 0.196 e. The largest absolute Gasteiger partial charge is 0.371 e. The quantitative estimate of drug-likeness (QED) is 0.318. The lowest BCUT2D eigenvalue weighted by Crippen LogP contribution is -2.47. The average Bonchev–Trinajstić information content (AvgIpc) is 3.38. The molecule has 0 amide bonds. The first-order valence-electron chi connectivity index (χ1n) is 13.2. The SMILES string of the molecule is CC1CCN(c2cc(N3CCN(c4ccccc4F)CC3)c3noc4c3c2C(=O)c2ccccc2-4)CC1. The van der Waals surface area contributed by atoms with Crippen LogP contribution in [-0.4, -0.2) is 50.2 Å². The number of carbonyl (C=O) groups excluding carboxylic acids is 1. The molecular weight excluding hydrogens is 467 g/mol. The number of fused-ring (bicyclic) bond motifs is 2. The topological polar surface area (TPSA) is 52.8 Å². The van der Waals surface area contributed by atoms with Crippen molar-refractivity contribution >= 4 is 33.7 Å². The molecule has 188 valence electrons. The van der Waals surface area contributed by atoms with E-state index in [1.165, 1.54) is 6.07 Å². The number of halogens is 1. The zero-order chi connectivity index (χ0) is 25.1. The number of rotatable bonds is 3. The van der Waals surface area contributed by atoms with Crippen LogP contribution in [0.4, 0.5) is 21.5 Å². The molecule has 2 saturated heterocycles. The molecule has 0 N–H and O–H groups in total. The van der Waals surface area contributed by atoms with Crippen molar-refractivity contribution in [2.24, 2.45) is 5.92 Å². The Bertz CT molecular complexity index is 1510. The molecule has 37 heavy (non-hydrogen) atoms. The highest BCUT2D eigenvalue weighted by Crippen LogP contribution is 2.47. The van der Waals surface area contributed by atoms with Gasteiger partial charge in [0.1, 0.15) is 11.3 Å². The number of anilines is 3. The van der Waals surface area contributed by atoms with E-state index >= 15 is 0 Å². The standard InChI is InChI=1S/C30H29FN4O2/c1-19-10-12-33(13-11-19)24-18-25(35-16-14-34(15-17-35)23-9-5-4-8-22(23)31)28-27-26(24)29(36)20-6-2-3-7-21(20)30(27)37-32-28/h2-9,18-19H,10-17H2,1H3. The molecule has 7 heteroatoms. The zero-order valence-corrected chi connectivity index (χ0v) is 20.9. The van der Waals surface area contributed by atoms with Crippen molar-refractivity contribution in [2.45, 2.75) is 19.8 Å². The summed E-state index contributed by atoms with van der Waals surface area (Å²) in [6.07, 6.45) is 2.21. The fourth-order valence-electron chi connectivity index (χ4n) is 6.16. The van der Waals surface area contributed by atoms with Gasteiger partial charge in [-0.3, -0.25) is 4.79 Å². The summed E-state index contributed by atoms with van der Waals surface area (Å²) in [5.74, 6) is 1.22. The fraction of sp³-hybridized carbons (Fsp3) is 0.333. The molecule has 4 aromatic rings. The fourth-order valence-corrected chi connectivity index (χ4v) is 6.16. The van der Waals surface area contributed by atoms with Crippen molar-refractivity contribution in [3.8, 4) is 11.3 Å². The van der Waals surface area contributed by atoms with Crippen LogP contribution in [0.1, 0.15) is 35.7 Å². The van der Waals surface area contributed by atoms with Crippen LogP contribution in [0, 0.1) is 11.7 Å². The molecule has 3 heterocycles. The van der Waals surface area contributed by atoms with Crippen LogP contribution in [0.2, 0.25) is 0 Å². The molecule has 3 aromatic carbocycles. The Morgan fingerprint density at radius 2 is 1.43 bits per heavy atom. The van der Waals surface area contributed by atoms with Crippen molar-refractivity contribution in [2.75, 3.05) is 54.0 Å². The maximum atomic E-state index is 14.4. The van der Waals surface area contributed by atoms with E-state index in [1.54, 1.807) is 6.07 Å². The molecular formula is C30H29FN4O2. The van der Waals surface area contributed by atoms with Gasteiger partial charge >= 0.3 is 0 Å². The molecule has 6 nitrogen and oxygen atoms in total. The molecule has 1 aliphatic carbocycles. The van der Waals surface area contributed by atoms with E-state index in [0.717, 1.165) is 66.9 Å². The normalized spacial score (nSPS) is 18.0. The summed E-state index contributed by atoms with van der Waals surface area (Å²) in [6, 6.07) is 16.8. The monoisotopic (exact) mass is 496 g/mol. The number of para-hydroxylation sites is 1. The molecule has 0 radical (unpaired) electrons. The third-order valence-corrected chi connectivity index (χ3v) is 8.30. The van der Waals surface area contributed by atoms with E-state index in [0.29, 0.717) is 41.6 Å². The Labute approximate surface area is 215 Å². The predicted molar refractivity (Wildman–Crippen MR) is 144 cm³/mol. The van der Waals surface area contributed by atoms with Crippen LogP contribution in [0.25, 0.3) is 22.2 Å². The average molecular weight is 497 g/mol. The van der Waals surface area contributed by atoms with Crippen LogP contribution in [0.3, 0.4) is 0 Å². The number of benzene rings is 3. The highest BCUT2D eigenvalue weighted by molar-refractivity contribution is 6.28. The first-order chi connectivity index (χ1) is 18.1. The summed E-state index contributed by atoms with van der Waals surface area (Å²) in [4.78, 5) is 20.7. The van der Waals surface area contributed by atoms with E-state index in [9.17, 15) is 9.18 Å². The van der Waals surface area contributed by atoms with Gasteiger partial charge in [-0.15, -0.1) is 0 Å². The van der Waals surface area contributed by atoms with Gasteiger partial charge in [-0.1, -0.05) is 48.5 Å². The van der Waals surface area contributed by atoms with E-state index in [-0.39, 0.29) is 11.6 Å². The van der Waals surface area contributed by atoms with Crippen molar-refractivity contribution in [1.29, 1.82) is 0 Å². The Hall–Kier alpha value is -3.87. The van der Waals surface area contributed by atoms with Crippen molar-refractivity contribution < 1.29 is 13.7 Å². The van der Waals surface area contributed by atoms with Gasteiger partial charge in [0.05, 0.1) is 28.0 Å². The summed E-state index contributed by atoms with van der Waals surface area (Å²) in [7, 11) is 0. The van der Waals surface area contributed by atoms with Crippen molar-refractivity contribution in [3.05, 3.63) is 71.5 Å². The molecule has 7 rings (SSSR count). The second-order valence-corrected chi connectivity index (χ2v) is 10.5. The number of hydrogen-bond acceptors (Lipinski definition) is 6. The highest BCUT2D eigenvalue weighted by atomic mass is 19.1. The lowest BCUT2D eigenvalue weighted by molar-refractivity contribution is 0.104. The number of piperazine rings is 1. The van der Waals surface area contributed by atoms with Gasteiger partial charge in [-0.2, -0.15) is 0 Å². The number of hydrogen-bond donors (Lipinski definition) is 0. The van der Waals surface area contributed by atoms with Crippen molar-refractivity contribution in [1.82, 2.24) is 5.16 Å². The molecule has 0 saturated carbocycles. The van der Waals surface area contributed by atoms with Gasteiger partial charge in [-0.05, 0) is 37.0 Å². The van der Waals surface area contributed by atoms with Crippen LogP contribution in [-0.2, 0) is 0 Å². The van der Waals surface area contributed by atoms with E-state index in [1.807, 2.05) is 36.4 Å².